The van der Waals surface area contributed by atoms with Gasteiger partial charge in [0.15, 0.2) is 0 Å². The molecule has 112 valence electrons. The van der Waals surface area contributed by atoms with Gasteiger partial charge in [0, 0.05) is 25.5 Å². The third-order valence-electron chi connectivity index (χ3n) is 3.27. The molecule has 2 aromatic heterocycles. The van der Waals surface area contributed by atoms with Gasteiger partial charge in [-0.1, -0.05) is 6.07 Å². The van der Waals surface area contributed by atoms with Crippen LogP contribution in [0.5, 0.6) is 0 Å². The van der Waals surface area contributed by atoms with E-state index in [0.29, 0.717) is 31.0 Å². The van der Waals surface area contributed by atoms with Crippen molar-refractivity contribution in [2.24, 2.45) is 0 Å². The fraction of sp³-hybridized carbons (Fsp3) is 0.400. The van der Waals surface area contributed by atoms with Gasteiger partial charge in [0.25, 0.3) is 5.91 Å². The summed E-state index contributed by atoms with van der Waals surface area (Å²) in [5.74, 6) is -0.0542. The summed E-state index contributed by atoms with van der Waals surface area (Å²) in [5.41, 5.74) is 2.96. The van der Waals surface area contributed by atoms with E-state index in [-0.39, 0.29) is 5.91 Å². The summed E-state index contributed by atoms with van der Waals surface area (Å²) in [6.07, 6.45) is 1.72. The number of nitrogens with zero attached hydrogens (tertiary/aromatic N) is 3. The molecule has 0 saturated heterocycles. The molecule has 6 heteroatoms. The van der Waals surface area contributed by atoms with E-state index in [2.05, 4.69) is 15.2 Å². The number of pyridine rings is 1. The zero-order chi connectivity index (χ0) is 15.2. The fourth-order valence-electron chi connectivity index (χ4n) is 2.17. The van der Waals surface area contributed by atoms with E-state index in [9.17, 15) is 4.79 Å². The standard InChI is InChI=1S/C15H20N4O2/c1-11-14(12(2)18-17-11)15(20)19(8-9-21-3)10-13-6-4-5-7-16-13/h4-7H,8-10H2,1-3H3,(H,17,18). The van der Waals surface area contributed by atoms with E-state index in [1.54, 1.807) is 18.2 Å². The van der Waals surface area contributed by atoms with Crippen molar-refractivity contribution >= 4 is 5.91 Å². The monoisotopic (exact) mass is 288 g/mol. The number of hydrogen-bond donors (Lipinski definition) is 1. The Kier molecular flexibility index (Phi) is 5.05. The fourth-order valence-corrected chi connectivity index (χ4v) is 2.17. The highest BCUT2D eigenvalue weighted by Crippen LogP contribution is 2.14. The second-order valence-corrected chi connectivity index (χ2v) is 4.85. The molecule has 21 heavy (non-hydrogen) atoms. The predicted octanol–water partition coefficient (Wildman–Crippen LogP) is 1.71. The number of aromatic nitrogens is 3. The number of amides is 1. The van der Waals surface area contributed by atoms with Gasteiger partial charge in [-0.05, 0) is 26.0 Å². The van der Waals surface area contributed by atoms with Crippen molar-refractivity contribution < 1.29 is 9.53 Å². The third kappa shape index (κ3) is 3.66. The number of methoxy groups -OCH3 is 1. The predicted molar refractivity (Wildman–Crippen MR) is 78.9 cm³/mol. The van der Waals surface area contributed by atoms with Crippen molar-refractivity contribution in [1.82, 2.24) is 20.1 Å². The van der Waals surface area contributed by atoms with Gasteiger partial charge in [-0.15, -0.1) is 0 Å². The van der Waals surface area contributed by atoms with Crippen LogP contribution >= 0.6 is 0 Å². The Balaban J connectivity index is 2.21. The molecule has 0 atom stereocenters. The molecule has 2 heterocycles. The average molecular weight is 288 g/mol. The number of nitrogens with one attached hydrogen (secondary N) is 1. The van der Waals surface area contributed by atoms with E-state index >= 15 is 0 Å². The molecule has 0 aliphatic heterocycles. The van der Waals surface area contributed by atoms with Crippen molar-refractivity contribution in [3.8, 4) is 0 Å². The highest BCUT2D eigenvalue weighted by atomic mass is 16.5. The molecule has 0 aromatic carbocycles. The third-order valence-corrected chi connectivity index (χ3v) is 3.27. The molecular formula is C15H20N4O2. The van der Waals surface area contributed by atoms with Crippen molar-refractivity contribution in [3.63, 3.8) is 0 Å². The van der Waals surface area contributed by atoms with Crippen LogP contribution in [0.15, 0.2) is 24.4 Å². The molecule has 1 amide bonds. The van der Waals surface area contributed by atoms with Crippen LogP contribution in [0, 0.1) is 13.8 Å². The molecule has 6 nitrogen and oxygen atoms in total. The normalized spacial score (nSPS) is 10.6. The maximum absolute atomic E-state index is 12.7. The van der Waals surface area contributed by atoms with Crippen LogP contribution in [-0.4, -0.2) is 46.2 Å². The molecule has 0 unspecified atom stereocenters. The highest BCUT2D eigenvalue weighted by Gasteiger charge is 2.22. The molecule has 0 spiro atoms. The second-order valence-electron chi connectivity index (χ2n) is 4.85. The summed E-state index contributed by atoms with van der Waals surface area (Å²) >= 11 is 0. The molecule has 0 fully saturated rings. The van der Waals surface area contributed by atoms with Crippen LogP contribution in [0.3, 0.4) is 0 Å². The van der Waals surface area contributed by atoms with Gasteiger partial charge in [-0.2, -0.15) is 5.10 Å². The number of ether oxygens (including phenoxy) is 1. The number of rotatable bonds is 6. The van der Waals surface area contributed by atoms with Crippen molar-refractivity contribution in [2.75, 3.05) is 20.3 Å². The zero-order valence-corrected chi connectivity index (χ0v) is 12.6. The van der Waals surface area contributed by atoms with Crippen LogP contribution < -0.4 is 0 Å². The van der Waals surface area contributed by atoms with Gasteiger partial charge in [0.05, 0.1) is 30.1 Å². The lowest BCUT2D eigenvalue weighted by atomic mass is 10.1. The van der Waals surface area contributed by atoms with Gasteiger partial charge in [0.1, 0.15) is 0 Å². The van der Waals surface area contributed by atoms with Gasteiger partial charge < -0.3 is 9.64 Å². The lowest BCUT2D eigenvalue weighted by molar-refractivity contribution is 0.0676. The first-order valence-electron chi connectivity index (χ1n) is 6.83. The first-order valence-corrected chi connectivity index (χ1v) is 6.83. The minimum atomic E-state index is -0.0542. The first-order chi connectivity index (χ1) is 10.1. The molecular weight excluding hydrogens is 268 g/mol. The summed E-state index contributed by atoms with van der Waals surface area (Å²) in [6, 6.07) is 5.67. The number of carbonyl (C=O) groups is 1. The molecule has 0 aliphatic rings. The first kappa shape index (κ1) is 15.2. The Morgan fingerprint density at radius 2 is 2.19 bits per heavy atom. The van der Waals surface area contributed by atoms with Crippen molar-refractivity contribution in [2.45, 2.75) is 20.4 Å². The van der Waals surface area contributed by atoms with Gasteiger partial charge >= 0.3 is 0 Å². The van der Waals surface area contributed by atoms with Crippen LogP contribution in [0.2, 0.25) is 0 Å². The van der Waals surface area contributed by atoms with Gasteiger partial charge in [-0.25, -0.2) is 0 Å². The SMILES string of the molecule is COCCN(Cc1ccccn1)C(=O)c1c(C)n[nH]c1C. The summed E-state index contributed by atoms with van der Waals surface area (Å²) in [5, 5.41) is 6.94. The average Bonchev–Trinajstić information content (AvgIpc) is 2.83. The molecule has 0 saturated carbocycles. The Bertz CT molecular complexity index is 575. The number of hydrogen-bond acceptors (Lipinski definition) is 4. The summed E-state index contributed by atoms with van der Waals surface area (Å²) in [6.45, 7) is 5.12. The maximum Gasteiger partial charge on any atom is 0.258 e. The topological polar surface area (TPSA) is 71.1 Å². The number of carbonyl (C=O) groups excluding carboxylic acids is 1. The van der Waals surface area contributed by atoms with E-state index in [1.165, 1.54) is 0 Å². The minimum absolute atomic E-state index is 0.0542. The lowest BCUT2D eigenvalue weighted by Gasteiger charge is -2.22. The lowest BCUT2D eigenvalue weighted by Crippen LogP contribution is -2.34. The number of H-pyrrole nitrogens is 1. The van der Waals surface area contributed by atoms with E-state index in [0.717, 1.165) is 11.4 Å². The quantitative estimate of drug-likeness (QED) is 0.878. The van der Waals surface area contributed by atoms with Crippen LogP contribution in [-0.2, 0) is 11.3 Å². The Labute approximate surface area is 124 Å². The number of aryl methyl sites for hydroxylation is 2. The van der Waals surface area contributed by atoms with Gasteiger partial charge in [-0.3, -0.25) is 14.9 Å². The maximum atomic E-state index is 12.7. The zero-order valence-electron chi connectivity index (χ0n) is 12.6. The molecule has 1 N–H and O–H groups in total. The largest absolute Gasteiger partial charge is 0.383 e. The van der Waals surface area contributed by atoms with Crippen molar-refractivity contribution in [1.29, 1.82) is 0 Å². The van der Waals surface area contributed by atoms with E-state index in [4.69, 9.17) is 4.74 Å². The summed E-state index contributed by atoms with van der Waals surface area (Å²) < 4.78 is 5.10. The summed E-state index contributed by atoms with van der Waals surface area (Å²) in [7, 11) is 1.62. The smallest absolute Gasteiger partial charge is 0.258 e. The molecule has 0 bridgehead atoms. The van der Waals surface area contributed by atoms with Crippen LogP contribution in [0.1, 0.15) is 27.4 Å². The Morgan fingerprint density at radius 3 is 2.76 bits per heavy atom. The Morgan fingerprint density at radius 1 is 1.38 bits per heavy atom. The Hall–Kier alpha value is -2.21. The van der Waals surface area contributed by atoms with E-state index < -0.39 is 0 Å². The van der Waals surface area contributed by atoms with Crippen LogP contribution in [0.4, 0.5) is 0 Å². The van der Waals surface area contributed by atoms with Crippen LogP contribution in [0.25, 0.3) is 0 Å². The minimum Gasteiger partial charge on any atom is -0.383 e. The summed E-state index contributed by atoms with van der Waals surface area (Å²) in [4.78, 5) is 18.8. The molecule has 0 radical (unpaired) electrons. The van der Waals surface area contributed by atoms with Crippen molar-refractivity contribution in [3.05, 3.63) is 47.0 Å². The molecule has 2 rings (SSSR count). The highest BCUT2D eigenvalue weighted by molar-refractivity contribution is 5.96. The number of aromatic amines is 1. The van der Waals surface area contributed by atoms with E-state index in [1.807, 2.05) is 32.0 Å². The second kappa shape index (κ2) is 6.99. The van der Waals surface area contributed by atoms with Gasteiger partial charge in [0.2, 0.25) is 0 Å². The molecule has 2 aromatic rings. The molecule has 0 aliphatic carbocycles.